The number of carbonyl (C=O) groups excluding carboxylic acids is 2. The number of hydrogen-bond acceptors (Lipinski definition) is 3. The molecule has 2 amide bonds. The van der Waals surface area contributed by atoms with Crippen molar-refractivity contribution in [2.45, 2.75) is 50.7 Å². The molecule has 0 spiro atoms. The van der Waals surface area contributed by atoms with Gasteiger partial charge >= 0.3 is 6.09 Å². The second kappa shape index (κ2) is 5.63. The number of carbonyl (C=O) groups is 2. The quantitative estimate of drug-likeness (QED) is 0.896. The molecular formula is C17H22N2O3. The number of primary amides is 1. The average Bonchev–Trinajstić information content (AvgIpc) is 2.55. The van der Waals surface area contributed by atoms with Gasteiger partial charge in [0.2, 0.25) is 5.91 Å². The minimum absolute atomic E-state index is 0.188. The summed E-state index contributed by atoms with van der Waals surface area (Å²) in [4.78, 5) is 23.7. The molecule has 5 heteroatoms. The van der Waals surface area contributed by atoms with Gasteiger partial charge in [-0.05, 0) is 44.1 Å². The van der Waals surface area contributed by atoms with Gasteiger partial charge < -0.3 is 15.8 Å². The SMILES string of the molecule is NC(=O)C12CCC(NC(=O)OCc3ccccc3)(CC1)CC2. The van der Waals surface area contributed by atoms with E-state index in [0.717, 1.165) is 44.1 Å². The number of rotatable bonds is 4. The van der Waals surface area contributed by atoms with Crippen molar-refractivity contribution in [3.63, 3.8) is 0 Å². The Hall–Kier alpha value is -2.04. The molecule has 3 N–H and O–H groups in total. The van der Waals surface area contributed by atoms with Gasteiger partial charge in [0, 0.05) is 11.0 Å². The predicted molar refractivity (Wildman–Crippen MR) is 81.8 cm³/mol. The topological polar surface area (TPSA) is 81.4 Å². The van der Waals surface area contributed by atoms with E-state index >= 15 is 0 Å². The van der Waals surface area contributed by atoms with E-state index in [1.807, 2.05) is 30.3 Å². The molecule has 3 aliphatic rings. The van der Waals surface area contributed by atoms with Gasteiger partial charge in [0.1, 0.15) is 6.61 Å². The number of nitrogens with two attached hydrogens (primary N) is 1. The number of hydrogen-bond donors (Lipinski definition) is 2. The van der Waals surface area contributed by atoms with Gasteiger partial charge in [-0.15, -0.1) is 0 Å². The summed E-state index contributed by atoms with van der Waals surface area (Å²) in [6, 6.07) is 9.61. The zero-order valence-corrected chi connectivity index (χ0v) is 12.6. The minimum atomic E-state index is -0.377. The van der Waals surface area contributed by atoms with Crippen LogP contribution in [0.2, 0.25) is 0 Å². The van der Waals surface area contributed by atoms with Crippen molar-refractivity contribution in [3.8, 4) is 0 Å². The molecule has 3 aliphatic carbocycles. The Balaban J connectivity index is 1.54. The lowest BCUT2D eigenvalue weighted by Gasteiger charge is -2.51. The molecule has 1 aromatic carbocycles. The zero-order valence-electron chi connectivity index (χ0n) is 12.6. The normalized spacial score (nSPS) is 29.8. The Labute approximate surface area is 130 Å². The van der Waals surface area contributed by atoms with E-state index in [1.165, 1.54) is 0 Å². The Morgan fingerprint density at radius 2 is 1.64 bits per heavy atom. The third-order valence-electron chi connectivity index (χ3n) is 5.35. The van der Waals surface area contributed by atoms with E-state index in [4.69, 9.17) is 10.5 Å². The summed E-state index contributed by atoms with van der Waals surface area (Å²) in [6.45, 7) is 0.272. The number of amides is 2. The lowest BCUT2D eigenvalue weighted by molar-refractivity contribution is -0.134. The monoisotopic (exact) mass is 302 g/mol. The van der Waals surface area contributed by atoms with Crippen molar-refractivity contribution in [1.29, 1.82) is 0 Å². The summed E-state index contributed by atoms with van der Waals surface area (Å²) in [5.74, 6) is -0.188. The van der Waals surface area contributed by atoms with Crippen molar-refractivity contribution in [3.05, 3.63) is 35.9 Å². The highest BCUT2D eigenvalue weighted by atomic mass is 16.5. The molecule has 0 atom stereocenters. The summed E-state index contributed by atoms with van der Waals surface area (Å²) in [7, 11) is 0. The van der Waals surface area contributed by atoms with Crippen LogP contribution in [0.3, 0.4) is 0 Å². The molecule has 3 fully saturated rings. The number of nitrogens with one attached hydrogen (secondary N) is 1. The zero-order chi connectivity index (χ0) is 15.6. The highest BCUT2D eigenvalue weighted by Gasteiger charge is 2.52. The van der Waals surface area contributed by atoms with Crippen LogP contribution in [-0.2, 0) is 16.1 Å². The first-order chi connectivity index (χ1) is 10.5. The highest BCUT2D eigenvalue weighted by molar-refractivity contribution is 5.81. The van der Waals surface area contributed by atoms with Gasteiger partial charge in [-0.25, -0.2) is 4.79 Å². The van der Waals surface area contributed by atoms with Crippen molar-refractivity contribution in [1.82, 2.24) is 5.32 Å². The first-order valence-corrected chi connectivity index (χ1v) is 7.83. The van der Waals surface area contributed by atoms with Gasteiger partial charge in [-0.1, -0.05) is 30.3 Å². The summed E-state index contributed by atoms with van der Waals surface area (Å²) in [5.41, 5.74) is 5.96. The van der Waals surface area contributed by atoms with E-state index in [2.05, 4.69) is 5.32 Å². The molecule has 2 bridgehead atoms. The summed E-state index contributed by atoms with van der Waals surface area (Å²) >= 11 is 0. The lowest BCUT2D eigenvalue weighted by Crippen LogP contribution is -2.59. The van der Waals surface area contributed by atoms with Gasteiger partial charge in [0.25, 0.3) is 0 Å². The van der Waals surface area contributed by atoms with Crippen molar-refractivity contribution < 1.29 is 14.3 Å². The molecule has 1 aromatic rings. The molecule has 5 nitrogen and oxygen atoms in total. The largest absolute Gasteiger partial charge is 0.445 e. The van der Waals surface area contributed by atoms with Gasteiger partial charge in [0.05, 0.1) is 0 Å². The van der Waals surface area contributed by atoms with E-state index in [9.17, 15) is 9.59 Å². The van der Waals surface area contributed by atoms with Crippen molar-refractivity contribution in [2.24, 2.45) is 11.1 Å². The maximum atomic E-state index is 12.1. The van der Waals surface area contributed by atoms with E-state index in [1.54, 1.807) is 0 Å². The van der Waals surface area contributed by atoms with Crippen LogP contribution < -0.4 is 11.1 Å². The lowest BCUT2D eigenvalue weighted by atomic mass is 9.57. The molecule has 0 radical (unpaired) electrons. The van der Waals surface area contributed by atoms with Gasteiger partial charge in [0.15, 0.2) is 0 Å². The number of benzene rings is 1. The maximum absolute atomic E-state index is 12.1. The van der Waals surface area contributed by atoms with E-state index in [-0.39, 0.29) is 29.6 Å². The van der Waals surface area contributed by atoms with Gasteiger partial charge in [-0.3, -0.25) is 4.79 Å². The molecule has 118 valence electrons. The minimum Gasteiger partial charge on any atom is -0.445 e. The first-order valence-electron chi connectivity index (χ1n) is 7.83. The Morgan fingerprint density at radius 3 is 2.18 bits per heavy atom. The molecule has 0 aromatic heterocycles. The van der Waals surface area contributed by atoms with Crippen LogP contribution in [0.4, 0.5) is 4.79 Å². The molecule has 22 heavy (non-hydrogen) atoms. The summed E-state index contributed by atoms with van der Waals surface area (Å²) in [5, 5.41) is 3.03. The summed E-state index contributed by atoms with van der Waals surface area (Å²) in [6.07, 6.45) is 4.32. The molecule has 0 unspecified atom stereocenters. The van der Waals surface area contributed by atoms with Crippen LogP contribution >= 0.6 is 0 Å². The first kappa shape index (κ1) is 14.9. The maximum Gasteiger partial charge on any atom is 0.407 e. The Morgan fingerprint density at radius 1 is 1.05 bits per heavy atom. The highest BCUT2D eigenvalue weighted by Crippen LogP contribution is 2.52. The molecule has 3 saturated carbocycles. The molecule has 0 saturated heterocycles. The smallest absolute Gasteiger partial charge is 0.407 e. The van der Waals surface area contributed by atoms with E-state index in [0.29, 0.717) is 0 Å². The third-order valence-corrected chi connectivity index (χ3v) is 5.35. The number of ether oxygens (including phenoxy) is 1. The fourth-order valence-corrected chi connectivity index (χ4v) is 3.72. The van der Waals surface area contributed by atoms with Crippen LogP contribution in [-0.4, -0.2) is 17.5 Å². The predicted octanol–water partition coefficient (Wildman–Crippen LogP) is 2.49. The fraction of sp³-hybridized carbons (Fsp3) is 0.529. The average molecular weight is 302 g/mol. The molecule has 0 aliphatic heterocycles. The molecule has 0 heterocycles. The fourth-order valence-electron chi connectivity index (χ4n) is 3.72. The van der Waals surface area contributed by atoms with Crippen LogP contribution in [0, 0.1) is 5.41 Å². The Bertz CT molecular complexity index is 546. The number of fused-ring (bicyclic) bond motifs is 3. The van der Waals surface area contributed by atoms with Crippen molar-refractivity contribution >= 4 is 12.0 Å². The van der Waals surface area contributed by atoms with Gasteiger partial charge in [-0.2, -0.15) is 0 Å². The second-order valence-electron chi connectivity index (χ2n) is 6.61. The standard InChI is InChI=1S/C17H22N2O3/c18-14(20)16-6-9-17(10-7-16,11-8-16)19-15(21)22-12-13-4-2-1-3-5-13/h1-5H,6-12H2,(H2,18,20)(H,19,21). The third kappa shape index (κ3) is 2.80. The second-order valence-corrected chi connectivity index (χ2v) is 6.61. The van der Waals surface area contributed by atoms with Crippen molar-refractivity contribution in [2.75, 3.05) is 0 Å². The van der Waals surface area contributed by atoms with Crippen LogP contribution in [0.25, 0.3) is 0 Å². The molecular weight excluding hydrogens is 280 g/mol. The number of alkyl carbamates (subject to hydrolysis) is 1. The van der Waals surface area contributed by atoms with E-state index < -0.39 is 0 Å². The Kier molecular flexibility index (Phi) is 3.81. The van der Waals surface area contributed by atoms with Crippen LogP contribution in [0.1, 0.15) is 44.1 Å². The van der Waals surface area contributed by atoms with Crippen LogP contribution in [0.15, 0.2) is 30.3 Å². The van der Waals surface area contributed by atoms with Crippen LogP contribution in [0.5, 0.6) is 0 Å². The summed E-state index contributed by atoms with van der Waals surface area (Å²) < 4.78 is 5.31. The molecule has 4 rings (SSSR count).